The SMILES string of the molecule is COc1ccc(C(=O)N(CC(=O)N2CCc3sccc3[C@@H]2COc2ccccc2OC)CC2CC2)cc1. The van der Waals surface area contributed by atoms with Crippen LogP contribution >= 0.6 is 11.3 Å². The minimum Gasteiger partial charge on any atom is -0.497 e. The standard InChI is InChI=1S/C29H32N2O5S/c1-34-22-11-9-21(10-12-22)29(33)30(17-20-7-8-20)18-28(32)31-15-13-27-23(14-16-37-27)24(31)19-36-26-6-4-3-5-25(26)35-2/h3-6,9-12,14,16,20,24H,7-8,13,15,17-19H2,1-2H3/t24-/m0/s1. The molecule has 0 bridgehead atoms. The van der Waals surface area contributed by atoms with Crippen LogP contribution in [0.15, 0.2) is 60.0 Å². The van der Waals surface area contributed by atoms with Gasteiger partial charge in [0.15, 0.2) is 11.5 Å². The fourth-order valence-electron chi connectivity index (χ4n) is 4.78. The summed E-state index contributed by atoms with van der Waals surface area (Å²) in [4.78, 5) is 32.1. The molecule has 1 aliphatic carbocycles. The van der Waals surface area contributed by atoms with Crippen LogP contribution in [0.2, 0.25) is 0 Å². The molecule has 2 heterocycles. The molecule has 1 fully saturated rings. The van der Waals surface area contributed by atoms with Crippen molar-refractivity contribution in [1.29, 1.82) is 0 Å². The zero-order chi connectivity index (χ0) is 25.8. The minimum absolute atomic E-state index is 0.0476. The zero-order valence-corrected chi connectivity index (χ0v) is 22.0. The number of carbonyl (C=O) groups excluding carboxylic acids is 2. The second-order valence-electron chi connectivity index (χ2n) is 9.47. The highest BCUT2D eigenvalue weighted by atomic mass is 32.1. The first kappa shape index (κ1) is 25.1. The number of methoxy groups -OCH3 is 2. The normalized spacial score (nSPS) is 16.6. The number of hydrogen-bond acceptors (Lipinski definition) is 6. The summed E-state index contributed by atoms with van der Waals surface area (Å²) in [5.41, 5.74) is 1.68. The van der Waals surface area contributed by atoms with Gasteiger partial charge in [-0.15, -0.1) is 11.3 Å². The molecule has 37 heavy (non-hydrogen) atoms. The predicted molar refractivity (Wildman–Crippen MR) is 143 cm³/mol. The topological polar surface area (TPSA) is 68.3 Å². The van der Waals surface area contributed by atoms with Crippen molar-refractivity contribution < 1.29 is 23.8 Å². The Balaban J connectivity index is 1.34. The number of ether oxygens (including phenoxy) is 3. The molecule has 1 aromatic heterocycles. The summed E-state index contributed by atoms with van der Waals surface area (Å²) in [5, 5.41) is 2.07. The van der Waals surface area contributed by atoms with Gasteiger partial charge in [-0.2, -0.15) is 0 Å². The summed E-state index contributed by atoms with van der Waals surface area (Å²) in [6.45, 7) is 1.55. The number of benzene rings is 2. The Morgan fingerprint density at radius 1 is 1.00 bits per heavy atom. The molecule has 1 aliphatic heterocycles. The quantitative estimate of drug-likeness (QED) is 0.383. The molecule has 8 heteroatoms. The molecule has 0 spiro atoms. The van der Waals surface area contributed by atoms with Gasteiger partial charge < -0.3 is 24.0 Å². The number of para-hydroxylation sites is 2. The number of hydrogen-bond donors (Lipinski definition) is 0. The third-order valence-corrected chi connectivity index (χ3v) is 8.00. The predicted octanol–water partition coefficient (Wildman–Crippen LogP) is 4.82. The van der Waals surface area contributed by atoms with Crippen molar-refractivity contribution in [2.24, 2.45) is 5.92 Å². The fourth-order valence-corrected chi connectivity index (χ4v) is 5.71. The Hall–Kier alpha value is -3.52. The Morgan fingerprint density at radius 2 is 1.76 bits per heavy atom. The van der Waals surface area contributed by atoms with Gasteiger partial charge in [0.2, 0.25) is 5.91 Å². The second-order valence-corrected chi connectivity index (χ2v) is 10.5. The lowest BCUT2D eigenvalue weighted by atomic mass is 10.00. The highest BCUT2D eigenvalue weighted by Gasteiger charge is 2.35. The molecule has 2 aromatic carbocycles. The third kappa shape index (κ3) is 5.74. The molecule has 0 N–H and O–H groups in total. The van der Waals surface area contributed by atoms with Crippen molar-refractivity contribution in [2.75, 3.05) is 40.5 Å². The molecule has 0 unspecified atom stereocenters. The average molecular weight is 521 g/mol. The van der Waals surface area contributed by atoms with E-state index < -0.39 is 0 Å². The Morgan fingerprint density at radius 3 is 2.46 bits per heavy atom. The molecule has 194 valence electrons. The summed E-state index contributed by atoms with van der Waals surface area (Å²) in [6, 6.07) is 16.4. The van der Waals surface area contributed by atoms with Gasteiger partial charge in [-0.3, -0.25) is 9.59 Å². The summed E-state index contributed by atoms with van der Waals surface area (Å²) in [6.07, 6.45) is 2.99. The van der Waals surface area contributed by atoms with Crippen molar-refractivity contribution in [3.05, 3.63) is 76.0 Å². The van der Waals surface area contributed by atoms with Crippen molar-refractivity contribution >= 4 is 23.2 Å². The second kappa shape index (κ2) is 11.3. The number of amides is 2. The molecule has 2 amide bonds. The van der Waals surface area contributed by atoms with Gasteiger partial charge in [-0.05, 0) is 78.6 Å². The van der Waals surface area contributed by atoms with E-state index in [1.165, 1.54) is 4.88 Å². The van der Waals surface area contributed by atoms with Crippen molar-refractivity contribution in [2.45, 2.75) is 25.3 Å². The molecule has 1 atom stereocenters. The van der Waals surface area contributed by atoms with E-state index in [9.17, 15) is 9.59 Å². The highest BCUT2D eigenvalue weighted by molar-refractivity contribution is 7.10. The molecular formula is C29H32N2O5S. The van der Waals surface area contributed by atoms with Gasteiger partial charge >= 0.3 is 0 Å². The van der Waals surface area contributed by atoms with E-state index >= 15 is 0 Å². The third-order valence-electron chi connectivity index (χ3n) is 7.01. The molecule has 0 saturated heterocycles. The number of rotatable bonds is 10. The van der Waals surface area contributed by atoms with E-state index in [1.54, 1.807) is 54.7 Å². The van der Waals surface area contributed by atoms with Gasteiger partial charge in [0.05, 0.1) is 20.3 Å². The molecule has 7 nitrogen and oxygen atoms in total. The van der Waals surface area contributed by atoms with Gasteiger partial charge in [-0.1, -0.05) is 12.1 Å². The molecule has 1 saturated carbocycles. The first-order valence-corrected chi connectivity index (χ1v) is 13.5. The van der Waals surface area contributed by atoms with Crippen molar-refractivity contribution in [3.63, 3.8) is 0 Å². The number of carbonyl (C=O) groups is 2. The molecule has 0 radical (unpaired) electrons. The summed E-state index contributed by atoms with van der Waals surface area (Å²) in [7, 11) is 3.21. The van der Waals surface area contributed by atoms with Gasteiger partial charge in [0.25, 0.3) is 5.91 Å². The maximum atomic E-state index is 13.8. The molecule has 3 aromatic rings. The van der Waals surface area contributed by atoms with Gasteiger partial charge in [0, 0.05) is 23.5 Å². The van der Waals surface area contributed by atoms with Crippen LogP contribution in [0, 0.1) is 5.92 Å². The van der Waals surface area contributed by atoms with Gasteiger partial charge in [-0.25, -0.2) is 0 Å². The monoisotopic (exact) mass is 520 g/mol. The summed E-state index contributed by atoms with van der Waals surface area (Å²) < 4.78 is 16.8. The maximum Gasteiger partial charge on any atom is 0.254 e. The number of nitrogens with zero attached hydrogens (tertiary/aromatic N) is 2. The summed E-state index contributed by atoms with van der Waals surface area (Å²) >= 11 is 1.71. The smallest absolute Gasteiger partial charge is 0.254 e. The number of thiophene rings is 1. The zero-order valence-electron chi connectivity index (χ0n) is 21.2. The maximum absolute atomic E-state index is 13.8. The molecule has 5 rings (SSSR count). The largest absolute Gasteiger partial charge is 0.497 e. The van der Waals surface area contributed by atoms with Crippen molar-refractivity contribution in [1.82, 2.24) is 9.80 Å². The van der Waals surface area contributed by atoms with Crippen LogP contribution in [-0.2, 0) is 11.2 Å². The lowest BCUT2D eigenvalue weighted by Crippen LogP contribution is -2.48. The van der Waals surface area contributed by atoms with Crippen LogP contribution in [0.3, 0.4) is 0 Å². The van der Waals surface area contributed by atoms with E-state index in [2.05, 4.69) is 11.4 Å². The highest BCUT2D eigenvalue weighted by Crippen LogP contribution is 2.36. The lowest BCUT2D eigenvalue weighted by Gasteiger charge is -2.37. The van der Waals surface area contributed by atoms with Crippen LogP contribution in [0.4, 0.5) is 0 Å². The first-order chi connectivity index (χ1) is 18.1. The average Bonchev–Trinajstić information content (AvgIpc) is 3.63. The van der Waals surface area contributed by atoms with Crippen LogP contribution in [0.1, 0.15) is 39.7 Å². The lowest BCUT2D eigenvalue weighted by molar-refractivity contribution is -0.135. The van der Waals surface area contributed by atoms with Crippen LogP contribution in [0.25, 0.3) is 0 Å². The minimum atomic E-state index is -0.230. The first-order valence-electron chi connectivity index (χ1n) is 12.6. The van der Waals surface area contributed by atoms with E-state index in [1.807, 2.05) is 29.2 Å². The Bertz CT molecular complexity index is 1240. The summed E-state index contributed by atoms with van der Waals surface area (Å²) in [5.74, 6) is 2.27. The van der Waals surface area contributed by atoms with Crippen LogP contribution in [-0.4, -0.2) is 62.1 Å². The molecular weight excluding hydrogens is 488 g/mol. The fraction of sp³-hybridized carbons (Fsp3) is 0.379. The Labute approximate surface area is 221 Å². The molecule has 2 aliphatic rings. The van der Waals surface area contributed by atoms with E-state index in [0.29, 0.717) is 48.4 Å². The van der Waals surface area contributed by atoms with Crippen molar-refractivity contribution in [3.8, 4) is 17.2 Å². The Kier molecular flexibility index (Phi) is 7.65. The van der Waals surface area contributed by atoms with E-state index in [-0.39, 0.29) is 24.4 Å². The van der Waals surface area contributed by atoms with E-state index in [0.717, 1.165) is 24.8 Å². The number of fused-ring (bicyclic) bond motifs is 1. The van der Waals surface area contributed by atoms with Crippen LogP contribution < -0.4 is 14.2 Å². The van der Waals surface area contributed by atoms with Gasteiger partial charge in [0.1, 0.15) is 18.9 Å². The van der Waals surface area contributed by atoms with Crippen LogP contribution in [0.5, 0.6) is 17.2 Å². The van der Waals surface area contributed by atoms with E-state index in [4.69, 9.17) is 14.2 Å².